The highest BCUT2D eigenvalue weighted by atomic mass is 32.1. The largest absolute Gasteiger partial charge is 0.508 e. The highest BCUT2D eigenvalue weighted by molar-refractivity contribution is 7.21. The van der Waals surface area contributed by atoms with Crippen LogP contribution < -0.4 is 9.47 Å². The number of aromatic hydroxyl groups is 1. The van der Waals surface area contributed by atoms with E-state index in [1.807, 2.05) is 0 Å². The van der Waals surface area contributed by atoms with Gasteiger partial charge in [-0.3, -0.25) is 14.1 Å². The van der Waals surface area contributed by atoms with E-state index in [9.17, 15) is 18.7 Å². The molecule has 1 aromatic heterocycles. The second-order valence-corrected chi connectivity index (χ2v) is 10.8. The maximum Gasteiger partial charge on any atom is 0.207 e. The maximum absolute atomic E-state index is 15.1. The standard InChI is InChI=1S/C30H28F3NO4S/c1-17-12-19(32)13-18(2)26(17)28(36)30-29(27-24(33)14-20(35)15-25(27)39-30)38-22-6-4-21(5-7-22)37-23-8-11-34(16-23)10-3-9-31/h4-7,12-15,23,35H,3,8-11,16H2,1-2H3/t23-/m0/s1. The first kappa shape index (κ1) is 27.0. The third-order valence-corrected chi connectivity index (χ3v) is 7.92. The number of rotatable bonds is 9. The molecule has 0 aliphatic carbocycles. The number of fused-ring (bicyclic) bond motifs is 1. The van der Waals surface area contributed by atoms with E-state index in [1.165, 1.54) is 18.2 Å². The number of thiophene rings is 1. The minimum Gasteiger partial charge on any atom is -0.508 e. The number of carbonyl (C=O) groups excluding carboxylic acids is 1. The summed E-state index contributed by atoms with van der Waals surface area (Å²) in [6.45, 7) is 5.27. The van der Waals surface area contributed by atoms with E-state index in [0.29, 0.717) is 45.9 Å². The lowest BCUT2D eigenvalue weighted by molar-refractivity contribution is 0.103. The average molecular weight is 556 g/mol. The molecule has 1 aliphatic rings. The van der Waals surface area contributed by atoms with Gasteiger partial charge in [-0.15, -0.1) is 11.3 Å². The van der Waals surface area contributed by atoms with Gasteiger partial charge in [-0.1, -0.05) is 0 Å². The number of ketones is 1. The van der Waals surface area contributed by atoms with Gasteiger partial charge in [0.15, 0.2) is 5.75 Å². The van der Waals surface area contributed by atoms with Crippen LogP contribution >= 0.6 is 11.3 Å². The normalized spacial score (nSPS) is 15.7. The summed E-state index contributed by atoms with van der Waals surface area (Å²) in [4.78, 5) is 16.0. The van der Waals surface area contributed by atoms with E-state index in [0.717, 1.165) is 36.9 Å². The lowest BCUT2D eigenvalue weighted by Gasteiger charge is -2.16. The molecule has 5 nitrogen and oxygen atoms in total. The topological polar surface area (TPSA) is 59.0 Å². The van der Waals surface area contributed by atoms with Crippen LogP contribution in [-0.4, -0.2) is 48.2 Å². The van der Waals surface area contributed by atoms with Crippen LogP contribution in [-0.2, 0) is 0 Å². The molecule has 9 heteroatoms. The Morgan fingerprint density at radius 1 is 1.08 bits per heavy atom. The maximum atomic E-state index is 15.1. The number of halogens is 3. The molecule has 2 heterocycles. The van der Waals surface area contributed by atoms with Crippen molar-refractivity contribution in [3.05, 3.63) is 81.7 Å². The van der Waals surface area contributed by atoms with E-state index in [-0.39, 0.29) is 34.5 Å². The van der Waals surface area contributed by atoms with Gasteiger partial charge >= 0.3 is 0 Å². The van der Waals surface area contributed by atoms with Crippen molar-refractivity contribution in [2.45, 2.75) is 32.8 Å². The SMILES string of the molecule is Cc1cc(F)cc(C)c1C(=O)c1sc2cc(O)cc(F)c2c1Oc1ccc(O[C@H]2CCN(CCCF)C2)cc1. The lowest BCUT2D eigenvalue weighted by atomic mass is 9.97. The Bertz CT molecular complexity index is 1500. The van der Waals surface area contributed by atoms with Crippen LogP contribution in [0.25, 0.3) is 10.1 Å². The monoisotopic (exact) mass is 555 g/mol. The van der Waals surface area contributed by atoms with Crippen molar-refractivity contribution in [2.75, 3.05) is 26.3 Å². The van der Waals surface area contributed by atoms with Crippen molar-refractivity contribution in [1.29, 1.82) is 0 Å². The highest BCUT2D eigenvalue weighted by Gasteiger charge is 2.27. The Labute approximate surface area is 228 Å². The molecule has 1 fully saturated rings. The predicted molar refractivity (Wildman–Crippen MR) is 145 cm³/mol. The molecule has 0 unspecified atom stereocenters. The van der Waals surface area contributed by atoms with Crippen molar-refractivity contribution < 1.29 is 32.5 Å². The summed E-state index contributed by atoms with van der Waals surface area (Å²) in [7, 11) is 0. The van der Waals surface area contributed by atoms with Gasteiger partial charge in [-0.05, 0) is 80.3 Å². The van der Waals surface area contributed by atoms with Crippen molar-refractivity contribution in [3.63, 3.8) is 0 Å². The molecule has 4 aromatic rings. The number of likely N-dealkylation sites (tertiary alicyclic amines) is 1. The Balaban J connectivity index is 1.43. The number of hydrogen-bond donors (Lipinski definition) is 1. The zero-order valence-corrected chi connectivity index (χ0v) is 22.4. The second kappa shape index (κ2) is 11.3. The van der Waals surface area contributed by atoms with Crippen LogP contribution in [0.4, 0.5) is 13.2 Å². The van der Waals surface area contributed by atoms with Gasteiger partial charge in [0, 0.05) is 36.0 Å². The van der Waals surface area contributed by atoms with Gasteiger partial charge < -0.3 is 14.6 Å². The zero-order valence-electron chi connectivity index (χ0n) is 21.6. The summed E-state index contributed by atoms with van der Waals surface area (Å²) in [6, 6.07) is 11.8. The van der Waals surface area contributed by atoms with Gasteiger partial charge in [0.25, 0.3) is 0 Å². The number of phenolic OH excluding ortho intramolecular Hbond substituents is 1. The first-order valence-corrected chi connectivity index (χ1v) is 13.5. The second-order valence-electron chi connectivity index (χ2n) is 9.75. The van der Waals surface area contributed by atoms with Gasteiger partial charge in [0.05, 0.1) is 12.1 Å². The Kier molecular flexibility index (Phi) is 7.81. The third-order valence-electron chi connectivity index (χ3n) is 6.80. The van der Waals surface area contributed by atoms with Crippen LogP contribution in [0.5, 0.6) is 23.0 Å². The van der Waals surface area contributed by atoms with Crippen molar-refractivity contribution in [1.82, 2.24) is 4.90 Å². The number of hydrogen-bond acceptors (Lipinski definition) is 6. The first-order chi connectivity index (χ1) is 18.7. The van der Waals surface area contributed by atoms with Gasteiger partial charge in [-0.25, -0.2) is 8.78 Å². The average Bonchev–Trinajstić information content (AvgIpc) is 3.47. The molecule has 1 N–H and O–H groups in total. The molecule has 39 heavy (non-hydrogen) atoms. The molecule has 5 rings (SSSR count). The van der Waals surface area contributed by atoms with E-state index >= 15 is 4.39 Å². The summed E-state index contributed by atoms with van der Waals surface area (Å²) in [6.07, 6.45) is 1.37. The minimum atomic E-state index is -0.721. The van der Waals surface area contributed by atoms with Crippen molar-refractivity contribution in [3.8, 4) is 23.0 Å². The molecular weight excluding hydrogens is 527 g/mol. The molecule has 1 aliphatic heterocycles. The van der Waals surface area contributed by atoms with Gasteiger partial charge in [-0.2, -0.15) is 0 Å². The zero-order chi connectivity index (χ0) is 27.7. The van der Waals surface area contributed by atoms with Crippen LogP contribution in [0.2, 0.25) is 0 Å². The van der Waals surface area contributed by atoms with Crippen LogP contribution in [0.1, 0.15) is 39.2 Å². The summed E-state index contributed by atoms with van der Waals surface area (Å²) < 4.78 is 54.0. The summed E-state index contributed by atoms with van der Waals surface area (Å²) in [5, 5.41) is 10.0. The quantitative estimate of drug-likeness (QED) is 0.219. The Hall–Kier alpha value is -3.56. The molecular formula is C30H28F3NO4S. The Morgan fingerprint density at radius 2 is 1.77 bits per heavy atom. The molecule has 0 bridgehead atoms. The number of carbonyl (C=O) groups is 1. The summed E-state index contributed by atoms with van der Waals surface area (Å²) in [5.41, 5.74) is 1.24. The minimum absolute atomic E-state index is 0.00498. The number of benzene rings is 3. The van der Waals surface area contributed by atoms with E-state index < -0.39 is 17.4 Å². The van der Waals surface area contributed by atoms with E-state index in [4.69, 9.17) is 9.47 Å². The third kappa shape index (κ3) is 5.74. The van der Waals surface area contributed by atoms with Crippen molar-refractivity contribution >= 4 is 27.2 Å². The summed E-state index contributed by atoms with van der Waals surface area (Å²) in [5.74, 6) is -0.809. The number of ether oxygens (including phenoxy) is 2. The predicted octanol–water partition coefficient (Wildman–Crippen LogP) is 7.34. The highest BCUT2D eigenvalue weighted by Crippen LogP contribution is 2.44. The lowest BCUT2D eigenvalue weighted by Crippen LogP contribution is -2.26. The summed E-state index contributed by atoms with van der Waals surface area (Å²) >= 11 is 1.01. The number of nitrogens with zero attached hydrogens (tertiary/aromatic N) is 1. The fraction of sp³-hybridized carbons (Fsp3) is 0.300. The molecule has 1 saturated heterocycles. The Morgan fingerprint density at radius 3 is 2.46 bits per heavy atom. The molecule has 0 radical (unpaired) electrons. The number of aryl methyl sites for hydroxylation is 2. The molecule has 0 saturated carbocycles. The van der Waals surface area contributed by atoms with Crippen LogP contribution in [0.15, 0.2) is 48.5 Å². The molecule has 0 amide bonds. The molecule has 3 aromatic carbocycles. The fourth-order valence-corrected chi connectivity index (χ4v) is 6.17. The fourth-order valence-electron chi connectivity index (χ4n) is 5.04. The first-order valence-electron chi connectivity index (χ1n) is 12.7. The van der Waals surface area contributed by atoms with Crippen LogP contribution in [0, 0.1) is 25.5 Å². The van der Waals surface area contributed by atoms with E-state index in [1.54, 1.807) is 38.1 Å². The number of phenols is 1. The van der Waals surface area contributed by atoms with Gasteiger partial charge in [0.1, 0.15) is 39.9 Å². The van der Waals surface area contributed by atoms with Crippen LogP contribution in [0.3, 0.4) is 0 Å². The molecule has 204 valence electrons. The molecule has 0 spiro atoms. The van der Waals surface area contributed by atoms with Crippen molar-refractivity contribution in [2.24, 2.45) is 0 Å². The van der Waals surface area contributed by atoms with E-state index in [2.05, 4.69) is 4.90 Å². The number of alkyl halides is 1. The molecule has 1 atom stereocenters. The van der Waals surface area contributed by atoms with Gasteiger partial charge in [0.2, 0.25) is 5.78 Å². The smallest absolute Gasteiger partial charge is 0.207 e.